The number of nitrogens with one attached hydrogen (secondary N) is 1. The molecule has 0 unspecified atom stereocenters. The predicted octanol–water partition coefficient (Wildman–Crippen LogP) is 4.62. The monoisotopic (exact) mass is 548 g/mol. The molecule has 9 nitrogen and oxygen atoms in total. The van der Waals surface area contributed by atoms with Crippen LogP contribution < -0.4 is 10.1 Å². The summed E-state index contributed by atoms with van der Waals surface area (Å²) >= 11 is 6.65. The van der Waals surface area contributed by atoms with Crippen molar-refractivity contribution in [2.45, 2.75) is 37.3 Å². The first kappa shape index (κ1) is 24.7. The summed E-state index contributed by atoms with van der Waals surface area (Å²) in [6.07, 6.45) is 2.08. The number of rotatable bonds is 6. The summed E-state index contributed by atoms with van der Waals surface area (Å²) in [5.41, 5.74) is 1.57. The maximum absolute atomic E-state index is 14.2. The first-order valence-corrected chi connectivity index (χ1v) is 14.3. The summed E-state index contributed by atoms with van der Waals surface area (Å²) in [6.45, 7) is 0.706. The highest BCUT2D eigenvalue weighted by atomic mass is 35.5. The van der Waals surface area contributed by atoms with Gasteiger partial charge in [-0.2, -0.15) is 4.36 Å². The summed E-state index contributed by atoms with van der Waals surface area (Å²) in [5.74, 6) is 1.44. The molecule has 2 aromatic carbocycles. The SMILES string of the molecule is CO[C@@H]1CO[C@H]2[C@@H]1OC[C@H]2Oc1cc(F)ccc1Nc1ncnc2cc(N=S3(=O)CCCC3)cc(Cl)c12. The van der Waals surface area contributed by atoms with Crippen LogP contribution in [0.15, 0.2) is 41.0 Å². The number of halogens is 2. The standard InChI is InChI=1S/C25H26ClFN4O5S/c1-33-20-11-34-24-21(12-35-23(20)24)36-19-8-14(27)4-5-17(19)30-25-22-16(26)9-15(10-18(22)28-13-29-25)31-37(32)6-2-3-7-37/h4-5,8-10,13,20-21,23-24H,2-3,6-7,11-12H2,1H3,(H,28,29,30)/t20-,21-,23-,24-/m1/s1. The number of ether oxygens (including phenoxy) is 4. The van der Waals surface area contributed by atoms with Gasteiger partial charge in [-0.05, 0) is 37.1 Å². The molecule has 6 rings (SSSR count). The zero-order valence-corrected chi connectivity index (χ0v) is 21.6. The van der Waals surface area contributed by atoms with Crippen molar-refractivity contribution in [3.63, 3.8) is 0 Å². The maximum Gasteiger partial charge on any atom is 0.151 e. The summed E-state index contributed by atoms with van der Waals surface area (Å²) in [5, 5.41) is 4.14. The lowest BCUT2D eigenvalue weighted by atomic mass is 10.1. The van der Waals surface area contributed by atoms with Crippen LogP contribution in [0.5, 0.6) is 5.75 Å². The Balaban J connectivity index is 1.30. The fraction of sp³-hybridized carbons (Fsp3) is 0.440. The molecule has 4 heterocycles. The normalized spacial score (nSPS) is 26.4. The van der Waals surface area contributed by atoms with E-state index in [2.05, 4.69) is 19.6 Å². The van der Waals surface area contributed by atoms with Crippen LogP contribution >= 0.6 is 11.6 Å². The van der Waals surface area contributed by atoms with Crippen LogP contribution in [0, 0.1) is 5.82 Å². The van der Waals surface area contributed by atoms with E-state index < -0.39 is 21.7 Å². The minimum absolute atomic E-state index is 0.165. The molecule has 37 heavy (non-hydrogen) atoms. The van der Waals surface area contributed by atoms with Gasteiger partial charge in [-0.15, -0.1) is 0 Å². The van der Waals surface area contributed by atoms with E-state index in [1.54, 1.807) is 25.3 Å². The Morgan fingerprint density at radius 3 is 2.65 bits per heavy atom. The van der Waals surface area contributed by atoms with Crippen molar-refractivity contribution in [1.29, 1.82) is 0 Å². The molecular weight excluding hydrogens is 523 g/mol. The molecule has 0 spiro atoms. The van der Waals surface area contributed by atoms with Crippen LogP contribution in [0.1, 0.15) is 12.8 Å². The molecule has 1 N–H and O–H groups in total. The number of hydrogen-bond donors (Lipinski definition) is 1. The molecule has 0 saturated carbocycles. The zero-order valence-electron chi connectivity index (χ0n) is 20.1. The van der Waals surface area contributed by atoms with E-state index in [1.807, 2.05) is 0 Å². The number of aromatic nitrogens is 2. The average Bonchev–Trinajstić information content (AvgIpc) is 3.58. The molecule has 3 aromatic rings. The van der Waals surface area contributed by atoms with Gasteiger partial charge in [0.1, 0.15) is 42.0 Å². The van der Waals surface area contributed by atoms with Crippen LogP contribution in [0.2, 0.25) is 5.02 Å². The molecule has 3 saturated heterocycles. The van der Waals surface area contributed by atoms with Crippen LogP contribution in [0.25, 0.3) is 10.9 Å². The lowest BCUT2D eigenvalue weighted by Crippen LogP contribution is -2.35. The molecule has 4 atom stereocenters. The number of hydrogen-bond acceptors (Lipinski definition) is 9. The van der Waals surface area contributed by atoms with Gasteiger partial charge >= 0.3 is 0 Å². The minimum Gasteiger partial charge on any atom is -0.483 e. The van der Waals surface area contributed by atoms with E-state index in [9.17, 15) is 8.60 Å². The van der Waals surface area contributed by atoms with Gasteiger partial charge < -0.3 is 24.3 Å². The maximum atomic E-state index is 14.2. The summed E-state index contributed by atoms with van der Waals surface area (Å²) in [4.78, 5) is 8.72. The Morgan fingerprint density at radius 1 is 1.11 bits per heavy atom. The van der Waals surface area contributed by atoms with E-state index in [4.69, 9.17) is 30.5 Å². The molecule has 3 aliphatic heterocycles. The Hall–Kier alpha value is -2.57. The molecule has 0 bridgehead atoms. The third kappa shape index (κ3) is 4.86. The Morgan fingerprint density at radius 2 is 1.86 bits per heavy atom. The van der Waals surface area contributed by atoms with E-state index in [-0.39, 0.29) is 24.1 Å². The van der Waals surface area contributed by atoms with Crippen molar-refractivity contribution in [3.8, 4) is 5.75 Å². The second-order valence-corrected chi connectivity index (χ2v) is 12.3. The Labute approximate surface area is 218 Å². The number of fused-ring (bicyclic) bond motifs is 2. The quantitative estimate of drug-likeness (QED) is 0.476. The van der Waals surface area contributed by atoms with Gasteiger partial charge in [0.25, 0.3) is 0 Å². The van der Waals surface area contributed by atoms with Crippen LogP contribution in [0.3, 0.4) is 0 Å². The van der Waals surface area contributed by atoms with Crippen molar-refractivity contribution in [3.05, 3.63) is 47.5 Å². The van der Waals surface area contributed by atoms with Crippen LogP contribution in [0.4, 0.5) is 21.6 Å². The van der Waals surface area contributed by atoms with Crippen LogP contribution in [-0.4, -0.2) is 70.4 Å². The zero-order chi connectivity index (χ0) is 25.6. The van der Waals surface area contributed by atoms with E-state index in [0.717, 1.165) is 12.8 Å². The molecule has 196 valence electrons. The number of anilines is 2. The topological polar surface area (TPSA) is 104 Å². The minimum atomic E-state index is -2.26. The van der Waals surface area contributed by atoms with E-state index >= 15 is 0 Å². The fourth-order valence-corrected chi connectivity index (χ4v) is 7.52. The smallest absolute Gasteiger partial charge is 0.151 e. The molecule has 1 aromatic heterocycles. The highest BCUT2D eigenvalue weighted by Gasteiger charge is 2.49. The van der Waals surface area contributed by atoms with Crippen molar-refractivity contribution in [2.75, 3.05) is 37.1 Å². The lowest BCUT2D eigenvalue weighted by Gasteiger charge is -2.21. The largest absolute Gasteiger partial charge is 0.483 e. The molecule has 0 amide bonds. The number of methoxy groups -OCH3 is 1. The first-order valence-electron chi connectivity index (χ1n) is 12.1. The Kier molecular flexibility index (Phi) is 6.66. The summed E-state index contributed by atoms with van der Waals surface area (Å²) < 4.78 is 54.9. The molecule has 3 aliphatic rings. The highest BCUT2D eigenvalue weighted by Crippen LogP contribution is 2.38. The third-order valence-corrected chi connectivity index (χ3v) is 9.56. The van der Waals surface area contributed by atoms with Crippen molar-refractivity contribution >= 4 is 49.4 Å². The lowest BCUT2D eigenvalue weighted by molar-refractivity contribution is -0.0138. The molecule has 3 fully saturated rings. The van der Waals surface area contributed by atoms with Gasteiger partial charge in [0.05, 0.1) is 50.2 Å². The molecular formula is C25H26ClFN4O5S. The van der Waals surface area contributed by atoms with Gasteiger partial charge in [0, 0.05) is 24.7 Å². The van der Waals surface area contributed by atoms with Crippen molar-refractivity contribution < 1.29 is 27.5 Å². The van der Waals surface area contributed by atoms with E-state index in [0.29, 0.717) is 57.8 Å². The summed E-state index contributed by atoms with van der Waals surface area (Å²) in [6, 6.07) is 7.63. The second-order valence-electron chi connectivity index (χ2n) is 9.32. The number of benzene rings is 2. The fourth-order valence-electron chi connectivity index (χ4n) is 5.04. The molecule has 12 heteroatoms. The second kappa shape index (κ2) is 9.95. The van der Waals surface area contributed by atoms with E-state index in [1.165, 1.54) is 18.5 Å². The molecule has 0 radical (unpaired) electrons. The van der Waals surface area contributed by atoms with Gasteiger partial charge in [0.15, 0.2) is 6.10 Å². The predicted molar refractivity (Wildman–Crippen MR) is 138 cm³/mol. The average molecular weight is 549 g/mol. The Bertz CT molecular complexity index is 1450. The van der Waals surface area contributed by atoms with Gasteiger partial charge in [-0.25, -0.2) is 18.6 Å². The first-order chi connectivity index (χ1) is 17.9. The number of nitrogens with zero attached hydrogens (tertiary/aromatic N) is 3. The van der Waals surface area contributed by atoms with Gasteiger partial charge in [-0.1, -0.05) is 11.6 Å². The highest BCUT2D eigenvalue weighted by molar-refractivity contribution is 7.93. The third-order valence-electron chi connectivity index (χ3n) is 6.86. The van der Waals surface area contributed by atoms with Crippen molar-refractivity contribution in [1.82, 2.24) is 9.97 Å². The summed E-state index contributed by atoms with van der Waals surface area (Å²) in [7, 11) is -0.640. The van der Waals surface area contributed by atoms with Crippen molar-refractivity contribution in [2.24, 2.45) is 4.36 Å². The molecule has 0 aliphatic carbocycles. The van der Waals surface area contributed by atoms with Gasteiger partial charge in [0.2, 0.25) is 0 Å². The van der Waals surface area contributed by atoms with Gasteiger partial charge in [-0.3, -0.25) is 0 Å². The van der Waals surface area contributed by atoms with Crippen LogP contribution in [-0.2, 0) is 23.9 Å².